The molecule has 8 nitrogen and oxygen atoms in total. The van der Waals surface area contributed by atoms with Crippen molar-refractivity contribution in [2.24, 2.45) is 10.2 Å². The molecular formula is C23H31ClN5O3S2+. The van der Waals surface area contributed by atoms with Crippen molar-refractivity contribution >= 4 is 38.9 Å². The number of amides is 1. The van der Waals surface area contributed by atoms with Gasteiger partial charge in [-0.1, -0.05) is 37.8 Å². The van der Waals surface area contributed by atoms with Crippen molar-refractivity contribution in [2.75, 3.05) is 19.6 Å². The first-order valence-corrected chi connectivity index (χ1v) is 14.2. The standard InChI is InChI=1S/C23H31ClN5O3S2/c1-2-3-4-5-14-25-20-12-15-29(16-13-20)34(31,32)22-11-10-21(33-22)17-26-28-27-23(30)18-6-8-19(24)9-7-18/h6-11,20,25H,2-5,12-17H2,1H3/q+1. The molecule has 2 aromatic rings. The van der Waals surface area contributed by atoms with Crippen LogP contribution in [0.2, 0.25) is 5.02 Å². The first-order valence-electron chi connectivity index (χ1n) is 11.6. The number of nitrogens with one attached hydrogen (secondary N) is 1. The fourth-order valence-electron chi connectivity index (χ4n) is 3.69. The maximum Gasteiger partial charge on any atom is 0.360 e. The third-order valence-corrected chi connectivity index (χ3v) is 9.35. The number of benzene rings is 1. The molecule has 2 heterocycles. The smallest absolute Gasteiger partial charge is 0.314 e. The van der Waals surface area contributed by atoms with Gasteiger partial charge in [0.2, 0.25) is 10.0 Å². The summed E-state index contributed by atoms with van der Waals surface area (Å²) in [5.41, 5.74) is 0.364. The van der Waals surface area contributed by atoms with Gasteiger partial charge >= 0.3 is 5.91 Å². The normalized spacial score (nSPS) is 15.1. The lowest BCUT2D eigenvalue weighted by Gasteiger charge is -2.31. The van der Waals surface area contributed by atoms with E-state index in [0.29, 0.717) is 33.9 Å². The second-order valence-electron chi connectivity index (χ2n) is 8.21. The highest BCUT2D eigenvalue weighted by Crippen LogP contribution is 2.27. The molecule has 1 saturated heterocycles. The number of hydrogen-bond donors (Lipinski definition) is 1. The van der Waals surface area contributed by atoms with Gasteiger partial charge in [0, 0.05) is 34.6 Å². The highest BCUT2D eigenvalue weighted by atomic mass is 35.5. The Bertz CT molecular complexity index is 1100. The molecule has 0 radical (unpaired) electrons. The van der Waals surface area contributed by atoms with Crippen LogP contribution in [0, 0.1) is 0 Å². The quantitative estimate of drug-likeness (QED) is 0.252. The van der Waals surface area contributed by atoms with E-state index in [4.69, 9.17) is 11.6 Å². The Morgan fingerprint density at radius 3 is 2.59 bits per heavy atom. The van der Waals surface area contributed by atoms with Gasteiger partial charge in [0.25, 0.3) is 10.0 Å². The molecule has 1 aliphatic rings. The van der Waals surface area contributed by atoms with E-state index in [1.165, 1.54) is 37.0 Å². The van der Waals surface area contributed by atoms with E-state index < -0.39 is 15.9 Å². The fourth-order valence-corrected chi connectivity index (χ4v) is 6.71. The summed E-state index contributed by atoms with van der Waals surface area (Å²) in [6.45, 7) is 4.40. The summed E-state index contributed by atoms with van der Waals surface area (Å²) in [6, 6.07) is 10.0. The van der Waals surface area contributed by atoms with Crippen molar-refractivity contribution in [3.8, 4) is 0 Å². The van der Waals surface area contributed by atoms with Gasteiger partial charge in [0.05, 0.1) is 0 Å². The monoisotopic (exact) mass is 524 g/mol. The predicted octanol–water partition coefficient (Wildman–Crippen LogP) is 5.04. The third-order valence-electron chi connectivity index (χ3n) is 5.66. The maximum absolute atomic E-state index is 13.0. The van der Waals surface area contributed by atoms with E-state index in [1.54, 1.807) is 40.7 Å². The zero-order valence-corrected chi connectivity index (χ0v) is 21.7. The average Bonchev–Trinajstić information content (AvgIpc) is 3.32. The summed E-state index contributed by atoms with van der Waals surface area (Å²) in [5.74, 6) is -0.520. The Hall–Kier alpha value is -1.94. The molecule has 0 saturated carbocycles. The summed E-state index contributed by atoms with van der Waals surface area (Å²) in [5, 5.41) is 11.5. The van der Waals surface area contributed by atoms with E-state index in [1.807, 2.05) is 0 Å². The Kier molecular flexibility index (Phi) is 10.4. The molecular weight excluding hydrogens is 494 g/mol. The minimum Gasteiger partial charge on any atom is -0.314 e. The maximum atomic E-state index is 13.0. The van der Waals surface area contributed by atoms with Crippen LogP contribution in [-0.2, 0) is 16.6 Å². The fraction of sp³-hybridized carbons (Fsp3) is 0.522. The molecule has 1 N–H and O–H groups in total. The van der Waals surface area contributed by atoms with Crippen LogP contribution in [0.1, 0.15) is 60.7 Å². The molecule has 1 aliphatic heterocycles. The van der Waals surface area contributed by atoms with Gasteiger partial charge < -0.3 is 5.32 Å². The predicted molar refractivity (Wildman–Crippen MR) is 135 cm³/mol. The molecule has 1 aromatic heterocycles. The van der Waals surface area contributed by atoms with Crippen LogP contribution in [0.15, 0.2) is 50.8 Å². The Morgan fingerprint density at radius 1 is 1.15 bits per heavy atom. The lowest BCUT2D eigenvalue weighted by Crippen LogP contribution is -2.44. The van der Waals surface area contributed by atoms with Gasteiger partial charge in [-0.15, -0.1) is 11.3 Å². The molecule has 1 aromatic carbocycles. The van der Waals surface area contributed by atoms with Crippen LogP contribution in [0.3, 0.4) is 0 Å². The second-order valence-corrected chi connectivity index (χ2v) is 12.0. The van der Waals surface area contributed by atoms with Gasteiger partial charge in [-0.25, -0.2) is 8.42 Å². The number of carbonyl (C=O) groups excluding carboxylic acids is 1. The number of hydrogen-bond acceptors (Lipinski definition) is 6. The molecule has 0 unspecified atom stereocenters. The molecule has 3 rings (SSSR count). The highest BCUT2D eigenvalue weighted by molar-refractivity contribution is 7.91. The zero-order chi connectivity index (χ0) is 24.4. The third kappa shape index (κ3) is 7.80. The first-order chi connectivity index (χ1) is 16.4. The SMILES string of the molecule is CCCCCCNC1CCN(S(=O)(=O)c2ccc(CN=[N+]=NC(=O)c3ccc(Cl)cc3)s2)CC1. The summed E-state index contributed by atoms with van der Waals surface area (Å²) in [4.78, 5) is 16.3. The first kappa shape index (κ1) is 26.7. The van der Waals surface area contributed by atoms with Crippen LogP contribution in [-0.4, -0.2) is 44.3 Å². The van der Waals surface area contributed by atoms with E-state index >= 15 is 0 Å². The number of piperidine rings is 1. The Balaban J connectivity index is 1.48. The molecule has 184 valence electrons. The molecule has 34 heavy (non-hydrogen) atoms. The van der Waals surface area contributed by atoms with E-state index in [9.17, 15) is 13.2 Å². The molecule has 0 aliphatic carbocycles. The van der Waals surface area contributed by atoms with Crippen LogP contribution in [0.25, 0.3) is 0 Å². The minimum absolute atomic E-state index is 0.154. The molecule has 0 bridgehead atoms. The number of nitrogens with zero attached hydrogens (tertiary/aromatic N) is 4. The lowest BCUT2D eigenvalue weighted by atomic mass is 10.1. The van der Waals surface area contributed by atoms with Gasteiger partial charge in [-0.05, 0) is 62.2 Å². The molecule has 1 fully saturated rings. The molecule has 0 atom stereocenters. The number of thiophene rings is 1. The van der Waals surface area contributed by atoms with Gasteiger partial charge in [-0.3, -0.25) is 4.79 Å². The summed E-state index contributed by atoms with van der Waals surface area (Å²) >= 11 is 6.97. The molecule has 1 amide bonds. The van der Waals surface area contributed by atoms with Crippen LogP contribution in [0.5, 0.6) is 0 Å². The number of unbranched alkanes of at least 4 members (excludes halogenated alkanes) is 3. The summed E-state index contributed by atoms with van der Waals surface area (Å²) in [6.07, 6.45) is 6.54. The van der Waals surface area contributed by atoms with Crippen LogP contribution >= 0.6 is 22.9 Å². The Morgan fingerprint density at radius 2 is 1.88 bits per heavy atom. The van der Waals surface area contributed by atoms with Gasteiger partial charge in [0.1, 0.15) is 9.32 Å². The van der Waals surface area contributed by atoms with Crippen LogP contribution < -0.4 is 10.2 Å². The van der Waals surface area contributed by atoms with Gasteiger partial charge in [-0.2, -0.15) is 4.31 Å². The number of carbonyl (C=O) groups is 1. The largest absolute Gasteiger partial charge is 0.360 e. The number of rotatable bonds is 11. The van der Waals surface area contributed by atoms with E-state index in [0.717, 1.165) is 24.3 Å². The van der Waals surface area contributed by atoms with Crippen molar-refractivity contribution in [1.29, 1.82) is 0 Å². The van der Waals surface area contributed by atoms with Crippen molar-refractivity contribution in [1.82, 2.24) is 14.5 Å². The van der Waals surface area contributed by atoms with E-state index in [-0.39, 0.29) is 6.54 Å². The van der Waals surface area contributed by atoms with Crippen molar-refractivity contribution < 1.29 is 13.2 Å². The second kappa shape index (κ2) is 13.2. The average molecular weight is 525 g/mol. The molecule has 0 spiro atoms. The molecule has 11 heteroatoms. The zero-order valence-electron chi connectivity index (χ0n) is 19.3. The minimum atomic E-state index is -3.52. The highest BCUT2D eigenvalue weighted by Gasteiger charge is 2.30. The lowest BCUT2D eigenvalue weighted by molar-refractivity contribution is 0.0992. The summed E-state index contributed by atoms with van der Waals surface area (Å²) in [7, 11) is -3.52. The van der Waals surface area contributed by atoms with Crippen LogP contribution in [0.4, 0.5) is 0 Å². The Labute approximate surface area is 210 Å². The van der Waals surface area contributed by atoms with Crippen molar-refractivity contribution in [2.45, 2.75) is 62.2 Å². The number of sulfonamides is 1. The van der Waals surface area contributed by atoms with E-state index in [2.05, 4.69) is 27.4 Å². The van der Waals surface area contributed by atoms with Crippen molar-refractivity contribution in [3.63, 3.8) is 0 Å². The number of halogens is 1. The topological polar surface area (TPSA) is 105 Å². The van der Waals surface area contributed by atoms with Gasteiger partial charge in [0.15, 0.2) is 6.54 Å². The summed E-state index contributed by atoms with van der Waals surface area (Å²) < 4.78 is 27.9. The van der Waals surface area contributed by atoms with Crippen molar-refractivity contribution in [3.05, 3.63) is 51.9 Å².